The number of esters is 2. The van der Waals surface area contributed by atoms with E-state index in [1.807, 2.05) is 0 Å². The van der Waals surface area contributed by atoms with Gasteiger partial charge >= 0.3 is 24.3 Å². The van der Waals surface area contributed by atoms with Gasteiger partial charge in [-0.25, -0.2) is 18.4 Å². The van der Waals surface area contributed by atoms with Gasteiger partial charge in [-0.15, -0.1) is 0 Å². The Kier molecular flexibility index (Phi) is 5.80. The van der Waals surface area contributed by atoms with Crippen LogP contribution in [0.25, 0.3) is 0 Å². The van der Waals surface area contributed by atoms with Crippen molar-refractivity contribution in [2.45, 2.75) is 44.1 Å². The molecule has 0 aliphatic heterocycles. The Balaban J connectivity index is 2.07. The van der Waals surface area contributed by atoms with Crippen molar-refractivity contribution in [3.05, 3.63) is 35.4 Å². The molecule has 132 valence electrons. The van der Waals surface area contributed by atoms with Gasteiger partial charge in [-0.05, 0) is 37.8 Å². The van der Waals surface area contributed by atoms with E-state index in [0.717, 1.165) is 25.7 Å². The summed E-state index contributed by atoms with van der Waals surface area (Å²) in [5.41, 5.74) is -0.444. The molecule has 1 aliphatic carbocycles. The minimum absolute atomic E-state index is 0.144. The molecule has 8 heteroatoms. The maximum absolute atomic E-state index is 12.8. The summed E-state index contributed by atoms with van der Waals surface area (Å²) in [7, 11) is 0. The van der Waals surface area contributed by atoms with Crippen molar-refractivity contribution < 1.29 is 36.6 Å². The number of benzene rings is 1. The number of rotatable bonds is 6. The van der Waals surface area contributed by atoms with Crippen LogP contribution in [-0.2, 0) is 9.47 Å². The van der Waals surface area contributed by atoms with Crippen LogP contribution in [0.2, 0.25) is 0 Å². The molecular weight excluding hydrogens is 332 g/mol. The van der Waals surface area contributed by atoms with E-state index < -0.39 is 30.9 Å². The average Bonchev–Trinajstić information content (AvgIpc) is 3.05. The zero-order valence-electron chi connectivity index (χ0n) is 12.6. The topological polar surface area (TPSA) is 52.6 Å². The molecule has 0 N–H and O–H groups in total. The van der Waals surface area contributed by atoms with E-state index in [0.29, 0.717) is 0 Å². The Bertz CT molecular complexity index is 597. The predicted octanol–water partition coefficient (Wildman–Crippen LogP) is 3.84. The normalized spacial score (nSPS) is 15.5. The van der Waals surface area contributed by atoms with Crippen molar-refractivity contribution in [3.63, 3.8) is 0 Å². The quantitative estimate of drug-likeness (QED) is 0.579. The van der Waals surface area contributed by atoms with Gasteiger partial charge in [-0.2, -0.15) is 8.78 Å². The summed E-state index contributed by atoms with van der Waals surface area (Å²) in [6.45, 7) is -1.77. The third-order valence-electron chi connectivity index (χ3n) is 3.66. The molecule has 0 heterocycles. The number of halogens is 4. The first-order valence-corrected chi connectivity index (χ1v) is 7.44. The summed E-state index contributed by atoms with van der Waals surface area (Å²) >= 11 is 0. The van der Waals surface area contributed by atoms with Gasteiger partial charge in [0.15, 0.2) is 6.61 Å². The number of hydrogen-bond donors (Lipinski definition) is 0. The second-order valence-corrected chi connectivity index (χ2v) is 5.50. The van der Waals surface area contributed by atoms with Crippen LogP contribution in [0.3, 0.4) is 0 Å². The average molecular weight is 348 g/mol. The fourth-order valence-electron chi connectivity index (χ4n) is 2.36. The number of alkyl halides is 4. The maximum atomic E-state index is 12.8. The molecule has 0 spiro atoms. The summed E-state index contributed by atoms with van der Waals surface area (Å²) in [5.74, 6) is -6.50. The molecular formula is C16H16F4O4. The first-order valence-electron chi connectivity index (χ1n) is 7.44. The van der Waals surface area contributed by atoms with Gasteiger partial charge in [0, 0.05) is 0 Å². The lowest BCUT2D eigenvalue weighted by atomic mass is 10.1. The van der Waals surface area contributed by atoms with E-state index in [9.17, 15) is 27.2 Å². The molecule has 1 aromatic carbocycles. The Morgan fingerprint density at radius 1 is 1.08 bits per heavy atom. The summed E-state index contributed by atoms with van der Waals surface area (Å²) < 4.78 is 59.3. The highest BCUT2D eigenvalue weighted by Gasteiger charge is 2.42. The Labute approximate surface area is 135 Å². The van der Waals surface area contributed by atoms with E-state index in [1.165, 1.54) is 24.3 Å². The smallest absolute Gasteiger partial charge is 0.340 e. The number of hydrogen-bond acceptors (Lipinski definition) is 4. The first kappa shape index (κ1) is 18.2. The lowest BCUT2D eigenvalue weighted by Gasteiger charge is -2.16. The van der Waals surface area contributed by atoms with Gasteiger partial charge in [0.05, 0.1) is 11.1 Å². The van der Waals surface area contributed by atoms with Crippen LogP contribution in [0.4, 0.5) is 17.6 Å². The zero-order valence-corrected chi connectivity index (χ0v) is 12.6. The minimum atomic E-state index is -4.45. The third-order valence-corrected chi connectivity index (χ3v) is 3.66. The highest BCUT2D eigenvalue weighted by atomic mass is 19.3. The largest absolute Gasteiger partial charge is 0.459 e. The third kappa shape index (κ3) is 4.46. The second-order valence-electron chi connectivity index (χ2n) is 5.50. The Morgan fingerprint density at radius 3 is 2.17 bits per heavy atom. The molecule has 4 nitrogen and oxygen atoms in total. The second kappa shape index (κ2) is 7.63. The SMILES string of the molecule is O=C(OCC(F)(F)C(F)F)c1ccccc1C(=O)OC1CCCC1. The maximum Gasteiger partial charge on any atom is 0.340 e. The summed E-state index contributed by atoms with van der Waals surface area (Å²) in [6, 6.07) is 5.34. The van der Waals surface area contributed by atoms with E-state index in [-0.39, 0.29) is 17.2 Å². The fraction of sp³-hybridized carbons (Fsp3) is 0.500. The van der Waals surface area contributed by atoms with E-state index >= 15 is 0 Å². The van der Waals surface area contributed by atoms with Crippen LogP contribution in [-0.4, -0.2) is 37.0 Å². The molecule has 0 saturated heterocycles. The molecule has 1 fully saturated rings. The van der Waals surface area contributed by atoms with Crippen molar-refractivity contribution >= 4 is 11.9 Å². The highest BCUT2D eigenvalue weighted by Crippen LogP contribution is 2.25. The van der Waals surface area contributed by atoms with Crippen LogP contribution in [0.5, 0.6) is 0 Å². The van der Waals surface area contributed by atoms with E-state index in [2.05, 4.69) is 4.74 Å². The molecule has 0 amide bonds. The molecule has 0 atom stereocenters. The van der Waals surface area contributed by atoms with Crippen molar-refractivity contribution in [2.75, 3.05) is 6.61 Å². The molecule has 0 unspecified atom stereocenters. The van der Waals surface area contributed by atoms with Gasteiger partial charge in [0.2, 0.25) is 0 Å². The van der Waals surface area contributed by atoms with Crippen molar-refractivity contribution in [3.8, 4) is 0 Å². The minimum Gasteiger partial charge on any atom is -0.459 e. The van der Waals surface area contributed by atoms with E-state index in [1.54, 1.807) is 0 Å². The van der Waals surface area contributed by atoms with Gasteiger partial charge < -0.3 is 9.47 Å². The fourth-order valence-corrected chi connectivity index (χ4v) is 2.36. The Morgan fingerprint density at radius 2 is 1.62 bits per heavy atom. The van der Waals surface area contributed by atoms with Crippen LogP contribution in [0.15, 0.2) is 24.3 Å². The Hall–Kier alpha value is -2.12. The van der Waals surface area contributed by atoms with Crippen molar-refractivity contribution in [2.24, 2.45) is 0 Å². The van der Waals surface area contributed by atoms with Gasteiger partial charge in [0.25, 0.3) is 0 Å². The summed E-state index contributed by atoms with van der Waals surface area (Å²) in [5, 5.41) is 0. The van der Waals surface area contributed by atoms with Crippen LogP contribution in [0, 0.1) is 0 Å². The number of carbonyl (C=O) groups is 2. The number of carbonyl (C=O) groups excluding carboxylic acids is 2. The molecule has 1 aromatic rings. The van der Waals surface area contributed by atoms with Crippen molar-refractivity contribution in [1.82, 2.24) is 0 Å². The van der Waals surface area contributed by atoms with Gasteiger partial charge in [0.1, 0.15) is 6.10 Å². The highest BCUT2D eigenvalue weighted by molar-refractivity contribution is 6.03. The van der Waals surface area contributed by atoms with Gasteiger partial charge in [-0.1, -0.05) is 12.1 Å². The number of ether oxygens (including phenoxy) is 2. The van der Waals surface area contributed by atoms with Crippen LogP contribution < -0.4 is 0 Å². The molecule has 0 aromatic heterocycles. The van der Waals surface area contributed by atoms with Gasteiger partial charge in [-0.3, -0.25) is 0 Å². The summed E-state index contributed by atoms with van der Waals surface area (Å²) in [6.07, 6.45) is -0.885. The van der Waals surface area contributed by atoms with Crippen LogP contribution >= 0.6 is 0 Å². The molecule has 1 saturated carbocycles. The lowest BCUT2D eigenvalue weighted by Crippen LogP contribution is -2.33. The lowest BCUT2D eigenvalue weighted by molar-refractivity contribution is -0.155. The van der Waals surface area contributed by atoms with Crippen LogP contribution in [0.1, 0.15) is 46.4 Å². The van der Waals surface area contributed by atoms with Crippen molar-refractivity contribution in [1.29, 1.82) is 0 Å². The zero-order chi connectivity index (χ0) is 17.7. The first-order chi connectivity index (χ1) is 11.3. The molecule has 2 rings (SSSR count). The monoisotopic (exact) mass is 348 g/mol. The molecule has 0 bridgehead atoms. The summed E-state index contributed by atoms with van der Waals surface area (Å²) in [4.78, 5) is 24.0. The standard InChI is InChI=1S/C16H16F4O4/c17-15(18)16(19,20)9-23-13(21)11-7-3-4-8-12(11)14(22)24-10-5-1-2-6-10/h3-4,7-8,10,15H,1-2,5-6,9H2. The predicted molar refractivity (Wildman–Crippen MR) is 75.3 cm³/mol. The molecule has 24 heavy (non-hydrogen) atoms. The van der Waals surface area contributed by atoms with E-state index in [4.69, 9.17) is 4.74 Å². The molecule has 0 radical (unpaired) electrons. The molecule has 1 aliphatic rings.